The molecule has 1 unspecified atom stereocenters. The second-order valence-corrected chi connectivity index (χ2v) is 8.02. The van der Waals surface area contributed by atoms with Crippen molar-refractivity contribution in [1.29, 1.82) is 0 Å². The first-order valence-corrected chi connectivity index (χ1v) is 9.58. The summed E-state index contributed by atoms with van der Waals surface area (Å²) in [5.74, 6) is -0.862. The summed E-state index contributed by atoms with van der Waals surface area (Å²) in [6.07, 6.45) is 0.104. The number of nitrogens with zero attached hydrogens (tertiary/aromatic N) is 1. The number of ketones is 1. The first-order chi connectivity index (χ1) is 12.3. The number of para-hydroxylation sites is 1. The van der Waals surface area contributed by atoms with Gasteiger partial charge < -0.3 is 4.74 Å². The summed E-state index contributed by atoms with van der Waals surface area (Å²) in [6.45, 7) is 1.55. The van der Waals surface area contributed by atoms with E-state index in [0.717, 1.165) is 5.56 Å². The molecule has 1 aliphatic heterocycles. The highest BCUT2D eigenvalue weighted by atomic mass is 32.2. The summed E-state index contributed by atoms with van der Waals surface area (Å²) >= 11 is 0. The van der Waals surface area contributed by atoms with Crippen molar-refractivity contribution in [2.24, 2.45) is 0 Å². The van der Waals surface area contributed by atoms with E-state index in [1.165, 1.54) is 30.5 Å². The van der Waals surface area contributed by atoms with Crippen molar-refractivity contribution >= 4 is 27.5 Å². The minimum Gasteiger partial charge on any atom is -0.469 e. The molecule has 1 aliphatic rings. The van der Waals surface area contributed by atoms with Crippen LogP contribution >= 0.6 is 0 Å². The van der Waals surface area contributed by atoms with Gasteiger partial charge in [-0.05, 0) is 30.7 Å². The lowest BCUT2D eigenvalue weighted by atomic mass is 9.98. The van der Waals surface area contributed by atoms with Gasteiger partial charge in [-0.2, -0.15) is 0 Å². The van der Waals surface area contributed by atoms with E-state index >= 15 is 0 Å². The SMILES string of the molecule is COC(=O)CC1CN(S(=O)(=O)c2cccc(C(C)=O)c2)c2ccccc21. The number of anilines is 1. The first-order valence-electron chi connectivity index (χ1n) is 8.14. The van der Waals surface area contributed by atoms with Crippen molar-refractivity contribution in [2.75, 3.05) is 18.0 Å². The molecule has 2 aromatic rings. The third-order valence-corrected chi connectivity index (χ3v) is 6.28. The number of fused-ring (bicyclic) bond motifs is 1. The lowest BCUT2D eigenvalue weighted by Crippen LogP contribution is -2.30. The van der Waals surface area contributed by atoms with Crippen LogP contribution in [0, 0.1) is 0 Å². The topological polar surface area (TPSA) is 80.8 Å². The van der Waals surface area contributed by atoms with E-state index in [4.69, 9.17) is 4.74 Å². The highest BCUT2D eigenvalue weighted by molar-refractivity contribution is 7.92. The molecule has 0 radical (unpaired) electrons. The first kappa shape index (κ1) is 18.1. The Morgan fingerprint density at radius 2 is 1.88 bits per heavy atom. The number of hydrogen-bond donors (Lipinski definition) is 0. The van der Waals surface area contributed by atoms with Crippen LogP contribution in [0.1, 0.15) is 35.2 Å². The number of Topliss-reactive ketones (excluding diaryl/α,β-unsaturated/α-hetero) is 1. The maximum absolute atomic E-state index is 13.2. The second-order valence-electron chi connectivity index (χ2n) is 6.16. The van der Waals surface area contributed by atoms with Crippen molar-refractivity contribution in [2.45, 2.75) is 24.2 Å². The molecule has 1 heterocycles. The Hall–Kier alpha value is -2.67. The summed E-state index contributed by atoms with van der Waals surface area (Å²) < 4.78 is 32.4. The molecule has 136 valence electrons. The normalized spacial score (nSPS) is 16.2. The zero-order valence-electron chi connectivity index (χ0n) is 14.5. The third kappa shape index (κ3) is 3.22. The zero-order chi connectivity index (χ0) is 18.9. The van der Waals surface area contributed by atoms with E-state index in [1.54, 1.807) is 24.3 Å². The molecule has 0 aromatic heterocycles. The number of carbonyl (C=O) groups is 2. The molecule has 26 heavy (non-hydrogen) atoms. The van der Waals surface area contributed by atoms with Gasteiger partial charge in [0.2, 0.25) is 0 Å². The Bertz CT molecular complexity index is 967. The largest absolute Gasteiger partial charge is 0.469 e. The number of ether oxygens (including phenoxy) is 1. The van der Waals surface area contributed by atoms with Crippen LogP contribution < -0.4 is 4.31 Å². The molecule has 6 nitrogen and oxygen atoms in total. The van der Waals surface area contributed by atoms with E-state index in [9.17, 15) is 18.0 Å². The van der Waals surface area contributed by atoms with Crippen LogP contribution in [0.2, 0.25) is 0 Å². The molecular formula is C19H19NO5S. The number of carbonyl (C=O) groups excluding carboxylic acids is 2. The number of hydrogen-bond acceptors (Lipinski definition) is 5. The van der Waals surface area contributed by atoms with Gasteiger partial charge in [-0.25, -0.2) is 8.42 Å². The molecule has 0 N–H and O–H groups in total. The van der Waals surface area contributed by atoms with Crippen LogP contribution in [0.3, 0.4) is 0 Å². The molecule has 0 spiro atoms. The van der Waals surface area contributed by atoms with E-state index in [0.29, 0.717) is 11.3 Å². The number of sulfonamides is 1. The van der Waals surface area contributed by atoms with Crippen molar-refractivity contribution in [3.05, 3.63) is 59.7 Å². The fourth-order valence-electron chi connectivity index (χ4n) is 3.15. The lowest BCUT2D eigenvalue weighted by molar-refractivity contribution is -0.141. The van der Waals surface area contributed by atoms with E-state index in [-0.39, 0.29) is 35.5 Å². The summed E-state index contributed by atoms with van der Waals surface area (Å²) in [4.78, 5) is 23.3. The lowest BCUT2D eigenvalue weighted by Gasteiger charge is -2.20. The molecule has 0 aliphatic carbocycles. The van der Waals surface area contributed by atoms with Crippen molar-refractivity contribution in [1.82, 2.24) is 0 Å². The quantitative estimate of drug-likeness (QED) is 0.595. The van der Waals surface area contributed by atoms with Crippen molar-refractivity contribution < 1.29 is 22.7 Å². The van der Waals surface area contributed by atoms with Gasteiger partial charge >= 0.3 is 5.97 Å². The summed E-state index contributed by atoms with van der Waals surface area (Å²) in [5, 5.41) is 0. The van der Waals surface area contributed by atoms with E-state index in [1.807, 2.05) is 12.1 Å². The van der Waals surface area contributed by atoms with Crippen LogP contribution in [0.5, 0.6) is 0 Å². The van der Waals surface area contributed by atoms with Crippen molar-refractivity contribution in [3.63, 3.8) is 0 Å². The summed E-state index contributed by atoms with van der Waals surface area (Å²) in [5.41, 5.74) is 1.68. The monoisotopic (exact) mass is 373 g/mol. The molecule has 3 rings (SSSR count). The summed E-state index contributed by atoms with van der Waals surface area (Å²) in [7, 11) is -2.54. The molecular weight excluding hydrogens is 354 g/mol. The third-order valence-electron chi connectivity index (χ3n) is 4.50. The van der Waals surface area contributed by atoms with Gasteiger partial charge in [0, 0.05) is 18.0 Å². The van der Waals surface area contributed by atoms with Crippen LogP contribution in [0.4, 0.5) is 5.69 Å². The van der Waals surface area contributed by atoms with Gasteiger partial charge in [-0.3, -0.25) is 13.9 Å². The zero-order valence-corrected chi connectivity index (χ0v) is 15.3. The predicted octanol–water partition coefficient (Wildman–Crippen LogP) is 2.74. The Labute approximate surface area is 152 Å². The molecule has 0 bridgehead atoms. The Kier molecular flexibility index (Phi) is 4.82. The average Bonchev–Trinajstić information content (AvgIpc) is 3.01. The maximum Gasteiger partial charge on any atom is 0.306 e. The molecule has 0 amide bonds. The van der Waals surface area contributed by atoms with Crippen LogP contribution in [-0.2, 0) is 19.6 Å². The van der Waals surface area contributed by atoms with Gasteiger partial charge in [-0.1, -0.05) is 30.3 Å². The Morgan fingerprint density at radius 3 is 2.58 bits per heavy atom. The van der Waals surface area contributed by atoms with Gasteiger partial charge in [0.1, 0.15) is 0 Å². The van der Waals surface area contributed by atoms with Gasteiger partial charge in [-0.15, -0.1) is 0 Å². The van der Waals surface area contributed by atoms with Crippen LogP contribution in [-0.4, -0.2) is 33.8 Å². The second kappa shape index (κ2) is 6.92. The number of rotatable bonds is 5. The molecule has 0 saturated heterocycles. The summed E-state index contributed by atoms with van der Waals surface area (Å²) in [6, 6.07) is 13.1. The molecule has 2 aromatic carbocycles. The van der Waals surface area contributed by atoms with Gasteiger partial charge in [0.05, 0.1) is 24.1 Å². The van der Waals surface area contributed by atoms with Crippen molar-refractivity contribution in [3.8, 4) is 0 Å². The molecule has 0 fully saturated rings. The van der Waals surface area contributed by atoms with Gasteiger partial charge in [0.15, 0.2) is 5.78 Å². The standard InChI is InChI=1S/C19H19NO5S/c1-13(21)14-6-5-7-16(10-14)26(23,24)20-12-15(11-19(22)25-2)17-8-3-4-9-18(17)20/h3-10,15H,11-12H2,1-2H3. The highest BCUT2D eigenvalue weighted by Crippen LogP contribution is 2.41. The van der Waals surface area contributed by atoms with E-state index in [2.05, 4.69) is 0 Å². The molecule has 0 saturated carbocycles. The molecule has 7 heteroatoms. The fraction of sp³-hybridized carbons (Fsp3) is 0.263. The van der Waals surface area contributed by atoms with E-state index < -0.39 is 10.0 Å². The van der Waals surface area contributed by atoms with Crippen LogP contribution in [0.25, 0.3) is 0 Å². The van der Waals surface area contributed by atoms with Gasteiger partial charge in [0.25, 0.3) is 10.0 Å². The smallest absolute Gasteiger partial charge is 0.306 e. The molecule has 1 atom stereocenters. The average molecular weight is 373 g/mol. The minimum absolute atomic E-state index is 0.0544. The number of methoxy groups -OCH3 is 1. The fourth-order valence-corrected chi connectivity index (χ4v) is 4.73. The minimum atomic E-state index is -3.85. The highest BCUT2D eigenvalue weighted by Gasteiger charge is 2.37. The maximum atomic E-state index is 13.2. The number of benzene rings is 2. The number of esters is 1. The Morgan fingerprint density at radius 1 is 1.15 bits per heavy atom. The predicted molar refractivity (Wildman–Crippen MR) is 96.8 cm³/mol. The Balaban J connectivity index is 2.02. The van der Waals surface area contributed by atoms with Crippen LogP contribution in [0.15, 0.2) is 53.4 Å².